The van der Waals surface area contributed by atoms with E-state index in [1.807, 2.05) is 63.5 Å². The largest absolute Gasteiger partial charge is 1.00 e. The van der Waals surface area contributed by atoms with Crippen molar-refractivity contribution in [2.45, 2.75) is 335 Å². The minimum Gasteiger partial charge on any atom is -0.793 e. The number of alkyl halides is 5. The topological polar surface area (TPSA) is 265 Å². The van der Waals surface area contributed by atoms with Crippen LogP contribution in [0.3, 0.4) is 0 Å². The van der Waals surface area contributed by atoms with Gasteiger partial charge in [0.1, 0.15) is 17.0 Å². The fourth-order valence-corrected chi connectivity index (χ4v) is 26.1. The number of hydrogen-bond donors (Lipinski definition) is 1. The molecule has 3 radical (unpaired) electrons. The Morgan fingerprint density at radius 3 is 1.11 bits per heavy atom. The molecule has 1 N–H and O–H groups in total. The minimum absolute atomic E-state index is 0. The summed E-state index contributed by atoms with van der Waals surface area (Å²) < 4.78 is 91.5. The smallest absolute Gasteiger partial charge is 0.793 e. The van der Waals surface area contributed by atoms with Crippen LogP contribution in [0.5, 0.6) is 0 Å². The predicted molar refractivity (Wildman–Crippen MR) is 544 cm³/mol. The maximum atomic E-state index is 13.0. The van der Waals surface area contributed by atoms with Gasteiger partial charge in [-0.05, 0) is 325 Å². The summed E-state index contributed by atoms with van der Waals surface area (Å²) in [5.41, 5.74) is 15.0. The molecule has 8 bridgehead atoms. The first kappa shape index (κ1) is 120. The van der Waals surface area contributed by atoms with Crippen LogP contribution in [0.2, 0.25) is 0 Å². The second-order valence-corrected chi connectivity index (χ2v) is 48.9. The van der Waals surface area contributed by atoms with Crippen molar-refractivity contribution in [1.82, 2.24) is 14.7 Å². The van der Waals surface area contributed by atoms with Crippen molar-refractivity contribution in [1.29, 1.82) is 0 Å². The molecule has 0 aromatic heterocycles. The van der Waals surface area contributed by atoms with E-state index in [4.69, 9.17) is 37.5 Å². The van der Waals surface area contributed by atoms with Gasteiger partial charge in [0, 0.05) is 115 Å². The van der Waals surface area contributed by atoms with Crippen LogP contribution in [0, 0.1) is 75.0 Å². The number of aryl methyl sites for hydroxylation is 4. The molecule has 4 aromatic rings. The number of piperidine rings is 3. The van der Waals surface area contributed by atoms with Gasteiger partial charge in [-0.1, -0.05) is 124 Å². The number of halogens is 7. The standard InChI is InChI=1S/C25H36N2O2.C21H30N2O2S.C20H28N2.C19H27NO2.C7H10O.C4H6O4.C2H3BO2.C2HF3O.CH2Cl2.CH3ClO2S.2CH4.ClH.Na/c1-17-5-8-21-20(13-17)25(16-27(21)23(28)29-24(2,3)4)9-11-26(12-10-25)22-15-18-6-7-19(22)14-18;1-15-3-6-19-18(11-15)21(14-23(19)26(2,24)25)7-9-22(10-8-21)20-13-16-4-5-17(20)12-16;1-14-2-5-18-17(10-14)20(13-21-18)6-8-22(9-7-20)19-12-15-3-4-16(19)11-15;1-14-8-9-16-15(12-14)19(10-6-5-7-11-19)13-20(16)17(21)22-18(2,3)4;8-7-4-5-1-2-6(7)3-5;1-3(5)7-8-4(2)6;1-2(4)5-3;3-2(4,5)1-6;2-1-3;1-5(2,3)4;;;;/h5,8,13,18-19,22H,6-7,9-12,14-16H2,1-4H3;3,6,11,16-17,20H,4-5,7-10,12-14H2,1-2H3;2,5,10,15-16,19,21H,3-4,6-9,11-13H2,1H3;8-9,12H,5-7,10-11,13H2,1-4H3;5-6H,1-4H2;1-2H3;1H3;1H;1H2;1H3;2*1H4;1H;/q;;;;;;-1;;;;;;;+1/t18-,19+,22-;16-,17+,20-;15-,16+,19-;;5-,6+;;;;;;;;;/m000.0........./s1. The fourth-order valence-electron chi connectivity index (χ4n) is 25.1. The number of ketones is 1. The third kappa shape index (κ3) is 31.6. The number of sulfonamides is 1. The number of anilines is 4. The Bertz CT molecular complexity index is 4980. The molecule has 16 aliphatic rings. The third-order valence-electron chi connectivity index (χ3n) is 31.0. The Morgan fingerprint density at radius 2 is 0.819 bits per heavy atom. The quantitative estimate of drug-likeness (QED) is 0.0497. The molecule has 0 unspecified atom stereocenters. The summed E-state index contributed by atoms with van der Waals surface area (Å²) >= 11 is 9.53. The number of hydrogen-bond acceptors (Lipinski definition) is 20. The molecular formula is C104H155BCl4F3N7NaO16S2. The van der Waals surface area contributed by atoms with Crippen LogP contribution in [-0.2, 0) is 88.6 Å². The van der Waals surface area contributed by atoms with Crippen molar-refractivity contribution in [2.75, 3.05) is 103 Å². The van der Waals surface area contributed by atoms with E-state index in [0.29, 0.717) is 23.7 Å². The van der Waals surface area contributed by atoms with Gasteiger partial charge >= 0.3 is 59.9 Å². The van der Waals surface area contributed by atoms with Gasteiger partial charge in [-0.25, -0.2) is 45.8 Å². The molecule has 23 nitrogen and oxygen atoms in total. The Kier molecular flexibility index (Phi) is 43.8. The molecule has 9 aliphatic carbocycles. The molecule has 12 fully saturated rings. The van der Waals surface area contributed by atoms with Gasteiger partial charge in [-0.3, -0.25) is 28.5 Å². The fraction of sp³-hybridized carbons (Fsp3) is 0.702. The number of aldehydes is 1. The molecule has 3 saturated heterocycles. The molecule has 34 heteroatoms. The van der Waals surface area contributed by atoms with Gasteiger partial charge in [-0.2, -0.15) is 13.2 Å². The van der Waals surface area contributed by atoms with Crippen molar-refractivity contribution in [3.63, 3.8) is 0 Å². The average molecular weight is 2060 g/mol. The molecule has 4 spiro atoms. The number of likely N-dealkylation sites (tertiary alicyclic amines) is 3. The van der Waals surface area contributed by atoms with Crippen LogP contribution in [0.25, 0.3) is 0 Å². The SMILES string of the molecule is C.C.CC(=O)OOC(C)=O.CS(=O)(=O)Cl.Cc1ccc2c(c1)C1(CCCCC1)CN2C(=O)OC(C)(C)C.Cc1ccc2c(c1)C1(CCN([C@H]3C[C@H]4CC[C@@H]3C4)CC1)CN2.Cc1ccc2c(c1)C1(CCN([C@H]3C[C@H]4CC[C@@H]3C4)CC1)CN2C(=O)OC(C)(C)C.Cc1ccc2c(c1)C1(CCN([C@H]3C[C@H]4CC[C@@H]3C4)CC1)CN2S(C)(=O)=O.Cl.ClCCl.O=C1C[C@H]2CC[C@@H]1C2.O=CC(F)(F)F.[B-]OC(C)=O.[Na+]. The van der Waals surface area contributed by atoms with E-state index in [9.17, 15) is 58.8 Å². The van der Waals surface area contributed by atoms with Gasteiger partial charge in [0.25, 0.3) is 0 Å². The number of rotatable bonds is 4. The van der Waals surface area contributed by atoms with Crippen molar-refractivity contribution in [3.8, 4) is 0 Å². The summed E-state index contributed by atoms with van der Waals surface area (Å²) in [5.74, 6) is 6.07. The van der Waals surface area contributed by atoms with Gasteiger partial charge in [0.2, 0.25) is 31.3 Å². The molecule has 2 amide bonds. The van der Waals surface area contributed by atoms with Crippen LogP contribution in [0.1, 0.15) is 295 Å². The Labute approximate surface area is 866 Å². The number of nitrogens with zero attached hydrogens (tertiary/aromatic N) is 6. The number of fused-ring (bicyclic) bond motifs is 16. The van der Waals surface area contributed by atoms with Crippen LogP contribution < -0.4 is 49.0 Å². The Hall–Kier alpha value is -5.44. The zero-order valence-electron chi connectivity index (χ0n) is 83.0. The molecule has 7 aliphatic heterocycles. The molecule has 4 aromatic carbocycles. The third-order valence-corrected chi connectivity index (χ3v) is 32.2. The van der Waals surface area contributed by atoms with E-state index in [0.717, 1.165) is 162 Å². The minimum atomic E-state index is -4.64. The second-order valence-electron chi connectivity index (χ2n) is 43.1. The number of amides is 2. The summed E-state index contributed by atoms with van der Waals surface area (Å²) in [4.78, 5) is 94.1. The molecular weight excluding hydrogens is 1900 g/mol. The van der Waals surface area contributed by atoms with Crippen molar-refractivity contribution >= 4 is 138 Å². The van der Waals surface area contributed by atoms with E-state index in [1.165, 1.54) is 225 Å². The Morgan fingerprint density at radius 1 is 0.493 bits per heavy atom. The van der Waals surface area contributed by atoms with Crippen LogP contribution in [-0.4, -0.2) is 201 Å². The van der Waals surface area contributed by atoms with E-state index in [1.54, 1.807) is 9.87 Å². The maximum absolute atomic E-state index is 13.0. The first-order chi connectivity index (χ1) is 62.9. The summed E-state index contributed by atoms with van der Waals surface area (Å²) in [6.45, 7) is 34.3. The van der Waals surface area contributed by atoms with Crippen LogP contribution in [0.15, 0.2) is 72.8 Å². The summed E-state index contributed by atoms with van der Waals surface area (Å²) in [6.07, 6.45) is 31.8. The molecule has 11 atom stereocenters. The summed E-state index contributed by atoms with van der Waals surface area (Å²) in [7, 11) is 2.41. The summed E-state index contributed by atoms with van der Waals surface area (Å²) in [5, 5.41) is 3.88. The number of Topliss-reactive ketones (excluding diaryl/α,β-unsaturated/α-hetero) is 1. The predicted octanol–water partition coefficient (Wildman–Crippen LogP) is 19.6. The van der Waals surface area contributed by atoms with Gasteiger partial charge in [0.05, 0.1) is 34.9 Å². The number of carbonyl (C=O) groups is 7. The zero-order chi connectivity index (χ0) is 98.0. The van der Waals surface area contributed by atoms with E-state index in [2.05, 4.69) is 142 Å². The van der Waals surface area contributed by atoms with Crippen LogP contribution >= 0.6 is 46.3 Å². The van der Waals surface area contributed by atoms with Crippen molar-refractivity contribution in [3.05, 3.63) is 117 Å². The maximum Gasteiger partial charge on any atom is 1.00 e. The van der Waals surface area contributed by atoms with Gasteiger partial charge in [0.15, 0.2) is 0 Å². The zero-order valence-corrected chi connectivity index (χ0v) is 89.7. The van der Waals surface area contributed by atoms with Crippen LogP contribution in [0.4, 0.5) is 45.5 Å². The van der Waals surface area contributed by atoms with Gasteiger partial charge < -0.3 is 42.2 Å². The first-order valence-corrected chi connectivity index (χ1v) is 54.2. The van der Waals surface area contributed by atoms with E-state index in [-0.39, 0.29) is 90.6 Å². The van der Waals surface area contributed by atoms with Crippen molar-refractivity contribution in [2.24, 2.45) is 47.3 Å². The Balaban J connectivity index is 0.000000223. The van der Waals surface area contributed by atoms with Crippen molar-refractivity contribution < 1.29 is 117 Å². The normalized spacial score (nSPS) is 25.9. The molecule has 7 heterocycles. The van der Waals surface area contributed by atoms with Gasteiger partial charge in [-0.15, -0.1) is 35.6 Å². The molecule has 20 rings (SSSR count). The average Bonchev–Trinajstić information content (AvgIpc) is 1.59. The number of benzene rings is 4. The number of ether oxygens (including phenoxy) is 2. The van der Waals surface area contributed by atoms with E-state index < -0.39 is 60.6 Å². The number of nitrogens with one attached hydrogen (secondary N) is 1. The van der Waals surface area contributed by atoms with E-state index >= 15 is 0 Å². The summed E-state index contributed by atoms with van der Waals surface area (Å²) in [6, 6.07) is 28.9. The molecule has 138 heavy (non-hydrogen) atoms. The molecule has 9 saturated carbocycles. The monoisotopic (exact) mass is 2050 g/mol. The number of carbonyl (C=O) groups excluding carboxylic acids is 7. The second kappa shape index (κ2) is 50.6. The molecule has 767 valence electrons. The first-order valence-electron chi connectivity index (χ1n) is 48.6.